The van der Waals surface area contributed by atoms with Crippen LogP contribution in [0.5, 0.6) is 0 Å². The maximum absolute atomic E-state index is 5.15. The summed E-state index contributed by atoms with van der Waals surface area (Å²) in [6.07, 6.45) is 5.22. The number of halogens is 2. The van der Waals surface area contributed by atoms with Crippen molar-refractivity contribution in [2.24, 2.45) is 0 Å². The van der Waals surface area contributed by atoms with Crippen molar-refractivity contribution in [2.45, 2.75) is 45.6 Å². The molecule has 4 nitrogen and oxygen atoms in total. The van der Waals surface area contributed by atoms with E-state index in [1.807, 2.05) is 0 Å². The number of aryl methyl sites for hydroxylation is 2. The fourth-order valence-electron chi connectivity index (χ4n) is 4.17. The van der Waals surface area contributed by atoms with Crippen LogP contribution < -0.4 is 10.2 Å². The highest BCUT2D eigenvalue weighted by Gasteiger charge is 2.28. The number of benzene rings is 1. The van der Waals surface area contributed by atoms with E-state index in [0.29, 0.717) is 6.04 Å². The number of piperazine rings is 1. The number of anilines is 1. The number of fused-ring (bicyclic) bond motifs is 1. The molecule has 1 saturated carbocycles. The highest BCUT2D eigenvalue weighted by Crippen LogP contribution is 2.42. The van der Waals surface area contributed by atoms with E-state index >= 15 is 0 Å². The largest absolute Gasteiger partial charge is 0.340 e. The molecule has 1 aliphatic carbocycles. The van der Waals surface area contributed by atoms with Crippen LogP contribution in [0.3, 0.4) is 0 Å². The van der Waals surface area contributed by atoms with Gasteiger partial charge in [0.25, 0.3) is 0 Å². The maximum atomic E-state index is 5.15. The zero-order valence-corrected chi connectivity index (χ0v) is 17.5. The molecule has 2 aromatic rings. The Bertz CT molecular complexity index is 771. The van der Waals surface area contributed by atoms with Gasteiger partial charge in [0.05, 0.1) is 11.0 Å². The summed E-state index contributed by atoms with van der Waals surface area (Å²) >= 11 is 7.53. The van der Waals surface area contributed by atoms with Gasteiger partial charge in [-0.3, -0.25) is 0 Å². The van der Waals surface area contributed by atoms with Gasteiger partial charge in [0, 0.05) is 41.2 Å². The molecule has 2 aliphatic rings. The molecule has 0 unspecified atom stereocenters. The molecule has 0 amide bonds. The van der Waals surface area contributed by atoms with Gasteiger partial charge in [-0.25, -0.2) is 4.98 Å². The van der Waals surface area contributed by atoms with Gasteiger partial charge in [-0.1, -0.05) is 12.8 Å². The topological polar surface area (TPSA) is 33.1 Å². The second kappa shape index (κ2) is 6.61. The lowest BCUT2D eigenvalue weighted by molar-refractivity contribution is 0.508. The molecule has 2 fully saturated rings. The zero-order valence-electron chi connectivity index (χ0n) is 14.3. The molecule has 24 heavy (non-hydrogen) atoms. The van der Waals surface area contributed by atoms with Crippen molar-refractivity contribution in [1.82, 2.24) is 14.9 Å². The third-order valence-corrected chi connectivity index (χ3v) is 8.06. The number of rotatable bonds is 2. The number of nitrogens with one attached hydrogen (secondary N) is 1. The first-order valence-corrected chi connectivity index (χ1v) is 10.5. The summed E-state index contributed by atoms with van der Waals surface area (Å²) in [5.74, 6) is 1.18. The minimum Gasteiger partial charge on any atom is -0.340 e. The van der Waals surface area contributed by atoms with Crippen LogP contribution in [-0.2, 0) is 0 Å². The fraction of sp³-hybridized carbons (Fsp3) is 0.611. The van der Waals surface area contributed by atoms with Crippen LogP contribution in [0.1, 0.15) is 42.9 Å². The average molecular weight is 456 g/mol. The Labute approximate surface area is 160 Å². The van der Waals surface area contributed by atoms with Crippen LogP contribution >= 0.6 is 31.9 Å². The number of aromatic nitrogens is 2. The zero-order chi connectivity index (χ0) is 16.8. The van der Waals surface area contributed by atoms with E-state index in [1.165, 1.54) is 52.7 Å². The van der Waals surface area contributed by atoms with Gasteiger partial charge in [0.1, 0.15) is 0 Å². The fourth-order valence-corrected chi connectivity index (χ4v) is 5.14. The SMILES string of the molecule is Cc1c(Br)c(Br)c(C)c2c1nc(N1CCNCC1)n2C1CCCC1. The normalized spacial score (nSPS) is 19.6. The summed E-state index contributed by atoms with van der Waals surface area (Å²) in [7, 11) is 0. The first-order valence-electron chi connectivity index (χ1n) is 8.91. The molecular formula is C18H24Br2N4. The molecule has 1 aromatic heterocycles. The summed E-state index contributed by atoms with van der Waals surface area (Å²) in [6.45, 7) is 8.54. The van der Waals surface area contributed by atoms with Crippen molar-refractivity contribution >= 4 is 48.8 Å². The molecule has 1 aliphatic heterocycles. The standard InChI is InChI=1S/C18H24Br2N4/c1-11-14(19)15(20)12(2)17-16(11)22-18(23-9-7-21-8-10-23)24(17)13-5-3-4-6-13/h13,21H,3-10H2,1-2H3. The van der Waals surface area contributed by atoms with E-state index in [1.54, 1.807) is 0 Å². The van der Waals surface area contributed by atoms with E-state index in [0.717, 1.165) is 36.2 Å². The van der Waals surface area contributed by atoms with Gasteiger partial charge in [-0.15, -0.1) is 0 Å². The molecule has 0 bridgehead atoms. The Morgan fingerprint density at radius 3 is 2.29 bits per heavy atom. The van der Waals surface area contributed by atoms with Crippen LogP contribution in [0.15, 0.2) is 8.95 Å². The van der Waals surface area contributed by atoms with E-state index in [-0.39, 0.29) is 0 Å². The Balaban J connectivity index is 1.98. The third-order valence-electron chi connectivity index (χ3n) is 5.54. The van der Waals surface area contributed by atoms with Crippen molar-refractivity contribution in [1.29, 1.82) is 0 Å². The Morgan fingerprint density at radius 1 is 1.00 bits per heavy atom. The summed E-state index contributed by atoms with van der Waals surface area (Å²) in [5.41, 5.74) is 5.00. The molecule has 130 valence electrons. The van der Waals surface area contributed by atoms with Gasteiger partial charge in [-0.05, 0) is 69.7 Å². The second-order valence-corrected chi connectivity index (χ2v) is 8.62. The third kappa shape index (κ3) is 2.61. The highest BCUT2D eigenvalue weighted by atomic mass is 79.9. The van der Waals surface area contributed by atoms with Crippen LogP contribution in [0.4, 0.5) is 5.95 Å². The molecular weight excluding hydrogens is 432 g/mol. The first kappa shape index (κ1) is 16.9. The number of hydrogen-bond donors (Lipinski definition) is 1. The lowest BCUT2D eigenvalue weighted by atomic mass is 10.1. The van der Waals surface area contributed by atoms with Crippen molar-refractivity contribution in [3.8, 4) is 0 Å². The van der Waals surface area contributed by atoms with Gasteiger partial charge < -0.3 is 14.8 Å². The average Bonchev–Trinajstić information content (AvgIpc) is 3.26. The van der Waals surface area contributed by atoms with Gasteiger partial charge >= 0.3 is 0 Å². The molecule has 1 saturated heterocycles. The minimum atomic E-state index is 0.589. The van der Waals surface area contributed by atoms with Crippen molar-refractivity contribution in [2.75, 3.05) is 31.1 Å². The minimum absolute atomic E-state index is 0.589. The molecule has 4 rings (SSSR count). The smallest absolute Gasteiger partial charge is 0.206 e. The predicted octanol–water partition coefficient (Wildman–Crippen LogP) is 4.70. The summed E-state index contributed by atoms with van der Waals surface area (Å²) in [6, 6.07) is 0.589. The first-order chi connectivity index (χ1) is 11.6. The van der Waals surface area contributed by atoms with E-state index < -0.39 is 0 Å². The molecule has 6 heteroatoms. The van der Waals surface area contributed by atoms with Crippen molar-refractivity contribution in [3.63, 3.8) is 0 Å². The second-order valence-electron chi connectivity index (χ2n) is 7.03. The highest BCUT2D eigenvalue weighted by molar-refractivity contribution is 9.13. The van der Waals surface area contributed by atoms with E-state index in [9.17, 15) is 0 Å². The molecule has 0 radical (unpaired) electrons. The Hall–Kier alpha value is -0.590. The lowest BCUT2D eigenvalue weighted by Gasteiger charge is -2.30. The Morgan fingerprint density at radius 2 is 1.62 bits per heavy atom. The maximum Gasteiger partial charge on any atom is 0.206 e. The van der Waals surface area contributed by atoms with Crippen molar-refractivity contribution in [3.05, 3.63) is 20.1 Å². The monoisotopic (exact) mass is 454 g/mol. The van der Waals surface area contributed by atoms with E-state index in [2.05, 4.69) is 60.5 Å². The summed E-state index contributed by atoms with van der Waals surface area (Å²) in [5, 5.41) is 3.45. The molecule has 0 spiro atoms. The van der Waals surface area contributed by atoms with Gasteiger partial charge in [0.15, 0.2) is 0 Å². The van der Waals surface area contributed by atoms with Crippen LogP contribution in [0.2, 0.25) is 0 Å². The lowest BCUT2D eigenvalue weighted by Crippen LogP contribution is -2.44. The number of hydrogen-bond acceptors (Lipinski definition) is 3. The molecule has 2 heterocycles. The Kier molecular flexibility index (Phi) is 4.65. The summed E-state index contributed by atoms with van der Waals surface area (Å²) < 4.78 is 4.86. The predicted molar refractivity (Wildman–Crippen MR) is 107 cm³/mol. The number of imidazole rings is 1. The van der Waals surface area contributed by atoms with Crippen LogP contribution in [0, 0.1) is 13.8 Å². The van der Waals surface area contributed by atoms with Gasteiger partial charge in [0.2, 0.25) is 5.95 Å². The van der Waals surface area contributed by atoms with Crippen molar-refractivity contribution < 1.29 is 0 Å². The van der Waals surface area contributed by atoms with Gasteiger partial charge in [-0.2, -0.15) is 0 Å². The molecule has 0 atom stereocenters. The summed E-state index contributed by atoms with van der Waals surface area (Å²) in [4.78, 5) is 7.62. The quantitative estimate of drug-likeness (QED) is 0.712. The van der Waals surface area contributed by atoms with E-state index in [4.69, 9.17) is 4.98 Å². The van der Waals surface area contributed by atoms with Crippen LogP contribution in [-0.4, -0.2) is 35.7 Å². The molecule has 1 aromatic carbocycles. The van der Waals surface area contributed by atoms with Crippen LogP contribution in [0.25, 0.3) is 11.0 Å². The number of nitrogens with zero attached hydrogens (tertiary/aromatic N) is 3. The molecule has 1 N–H and O–H groups in total.